The van der Waals surface area contributed by atoms with Crippen molar-refractivity contribution in [2.24, 2.45) is 0 Å². The fourth-order valence-electron chi connectivity index (χ4n) is 2.58. The van der Waals surface area contributed by atoms with E-state index in [1.807, 2.05) is 0 Å². The van der Waals surface area contributed by atoms with Gasteiger partial charge in [-0.2, -0.15) is 8.78 Å². The monoisotopic (exact) mass is 406 g/mol. The SMILES string of the molecule is COc1cc(/C=C/C(=O)N(C)C(C)c2cccc([N+](=O)[O-])c2)ccc1OC(F)F. The van der Waals surface area contributed by atoms with Gasteiger partial charge in [-0.05, 0) is 36.3 Å². The number of hydrogen-bond donors (Lipinski definition) is 0. The number of ether oxygens (including phenoxy) is 2. The minimum Gasteiger partial charge on any atom is -0.493 e. The highest BCUT2D eigenvalue weighted by molar-refractivity contribution is 5.92. The lowest BCUT2D eigenvalue weighted by molar-refractivity contribution is -0.384. The maximum Gasteiger partial charge on any atom is 0.387 e. The molecule has 0 aromatic heterocycles. The first-order valence-corrected chi connectivity index (χ1v) is 8.55. The van der Waals surface area contributed by atoms with E-state index in [1.165, 1.54) is 54.5 Å². The highest BCUT2D eigenvalue weighted by Gasteiger charge is 2.18. The second kappa shape index (κ2) is 9.63. The number of amides is 1. The topological polar surface area (TPSA) is 81.9 Å². The summed E-state index contributed by atoms with van der Waals surface area (Å²) in [5, 5.41) is 10.9. The second-order valence-corrected chi connectivity index (χ2v) is 6.10. The van der Waals surface area contributed by atoms with E-state index in [9.17, 15) is 23.7 Å². The molecule has 29 heavy (non-hydrogen) atoms. The van der Waals surface area contributed by atoms with Crippen molar-refractivity contribution >= 4 is 17.7 Å². The number of nitro benzene ring substituents is 1. The Balaban J connectivity index is 2.13. The van der Waals surface area contributed by atoms with Crippen LogP contribution in [0.15, 0.2) is 48.5 Å². The third-order valence-electron chi connectivity index (χ3n) is 4.31. The molecular weight excluding hydrogens is 386 g/mol. The van der Waals surface area contributed by atoms with Crippen molar-refractivity contribution in [3.63, 3.8) is 0 Å². The van der Waals surface area contributed by atoms with Crippen LogP contribution in [0.25, 0.3) is 6.08 Å². The van der Waals surface area contributed by atoms with Crippen molar-refractivity contribution in [2.45, 2.75) is 19.6 Å². The largest absolute Gasteiger partial charge is 0.493 e. The molecular formula is C20H20F2N2O5. The molecule has 0 saturated carbocycles. The van der Waals surface area contributed by atoms with Crippen molar-refractivity contribution in [3.8, 4) is 11.5 Å². The Morgan fingerprint density at radius 3 is 2.55 bits per heavy atom. The van der Waals surface area contributed by atoms with Gasteiger partial charge in [0, 0.05) is 25.3 Å². The van der Waals surface area contributed by atoms with Crippen LogP contribution in [0.3, 0.4) is 0 Å². The van der Waals surface area contributed by atoms with Crippen molar-refractivity contribution in [3.05, 3.63) is 69.8 Å². The number of rotatable bonds is 8. The minimum atomic E-state index is -2.98. The zero-order valence-electron chi connectivity index (χ0n) is 16.0. The van der Waals surface area contributed by atoms with Gasteiger partial charge in [0.1, 0.15) is 0 Å². The Morgan fingerprint density at radius 2 is 1.93 bits per heavy atom. The molecule has 0 bridgehead atoms. The van der Waals surface area contributed by atoms with E-state index < -0.39 is 17.6 Å². The maximum absolute atomic E-state index is 12.5. The maximum atomic E-state index is 12.5. The van der Waals surface area contributed by atoms with Gasteiger partial charge in [-0.3, -0.25) is 14.9 Å². The number of carbonyl (C=O) groups excluding carboxylic acids is 1. The summed E-state index contributed by atoms with van der Waals surface area (Å²) in [4.78, 5) is 24.3. The Bertz CT molecular complexity index is 917. The predicted octanol–water partition coefficient (Wildman–Crippen LogP) is 4.44. The van der Waals surface area contributed by atoms with Crippen LogP contribution in [0.4, 0.5) is 14.5 Å². The molecule has 0 aliphatic rings. The fraction of sp³-hybridized carbons (Fsp3) is 0.250. The number of methoxy groups -OCH3 is 1. The fourth-order valence-corrected chi connectivity index (χ4v) is 2.58. The predicted molar refractivity (Wildman–Crippen MR) is 103 cm³/mol. The van der Waals surface area contributed by atoms with Crippen molar-refractivity contribution in [2.75, 3.05) is 14.2 Å². The van der Waals surface area contributed by atoms with Crippen LogP contribution in [0.1, 0.15) is 24.1 Å². The average molecular weight is 406 g/mol. The number of benzene rings is 2. The van der Waals surface area contributed by atoms with Crippen LogP contribution in [-0.2, 0) is 4.79 Å². The molecule has 0 saturated heterocycles. The summed E-state index contributed by atoms with van der Waals surface area (Å²) in [7, 11) is 2.90. The van der Waals surface area contributed by atoms with E-state index in [2.05, 4.69) is 4.74 Å². The number of carbonyl (C=O) groups is 1. The number of nitro groups is 1. The molecule has 1 unspecified atom stereocenters. The molecule has 2 aromatic carbocycles. The van der Waals surface area contributed by atoms with E-state index in [0.717, 1.165) is 0 Å². The number of non-ortho nitro benzene ring substituents is 1. The minimum absolute atomic E-state index is 0.0519. The molecule has 1 amide bonds. The molecule has 0 N–H and O–H groups in total. The van der Waals surface area contributed by atoms with E-state index in [1.54, 1.807) is 26.1 Å². The molecule has 154 valence electrons. The standard InChI is InChI=1S/C20H20F2N2O5/c1-13(15-5-4-6-16(12-15)24(26)27)23(2)19(25)10-8-14-7-9-17(29-20(21)22)18(11-14)28-3/h4-13,20H,1-3H3/b10-8+. The third kappa shape index (κ3) is 5.74. The Morgan fingerprint density at radius 1 is 1.21 bits per heavy atom. The second-order valence-electron chi connectivity index (χ2n) is 6.10. The zero-order valence-corrected chi connectivity index (χ0v) is 16.0. The van der Waals surface area contributed by atoms with Crippen LogP contribution in [0, 0.1) is 10.1 Å². The van der Waals surface area contributed by atoms with E-state index in [-0.39, 0.29) is 23.1 Å². The molecule has 7 nitrogen and oxygen atoms in total. The van der Waals surface area contributed by atoms with Gasteiger partial charge >= 0.3 is 6.61 Å². The van der Waals surface area contributed by atoms with Crippen LogP contribution in [0.5, 0.6) is 11.5 Å². The van der Waals surface area contributed by atoms with Gasteiger partial charge in [0.2, 0.25) is 5.91 Å². The lowest BCUT2D eigenvalue weighted by atomic mass is 10.1. The number of alkyl halides is 2. The highest BCUT2D eigenvalue weighted by atomic mass is 19.3. The van der Waals surface area contributed by atoms with E-state index >= 15 is 0 Å². The molecule has 2 rings (SSSR count). The van der Waals surface area contributed by atoms with Crippen LogP contribution >= 0.6 is 0 Å². The first-order valence-electron chi connectivity index (χ1n) is 8.55. The van der Waals surface area contributed by atoms with Gasteiger partial charge in [-0.1, -0.05) is 18.2 Å². The molecule has 0 fully saturated rings. The van der Waals surface area contributed by atoms with Crippen LogP contribution in [-0.4, -0.2) is 36.5 Å². The Labute approximate surface area is 166 Å². The molecule has 0 spiro atoms. The summed E-state index contributed by atoms with van der Waals surface area (Å²) in [6.07, 6.45) is 2.82. The van der Waals surface area contributed by atoms with Crippen LogP contribution < -0.4 is 9.47 Å². The summed E-state index contributed by atoms with van der Waals surface area (Å²) >= 11 is 0. The Kier molecular flexibility index (Phi) is 7.24. The molecule has 2 aromatic rings. The summed E-state index contributed by atoms with van der Waals surface area (Å²) in [5.74, 6) is -0.337. The van der Waals surface area contributed by atoms with Crippen molar-refractivity contribution < 1.29 is 28.0 Å². The average Bonchev–Trinajstić information content (AvgIpc) is 2.71. The Hall–Kier alpha value is -3.49. The number of likely N-dealkylation sites (N-methyl/N-ethyl adjacent to an activating group) is 1. The van der Waals surface area contributed by atoms with Crippen LogP contribution in [0.2, 0.25) is 0 Å². The number of halogens is 2. The van der Waals surface area contributed by atoms with E-state index in [0.29, 0.717) is 11.1 Å². The lowest BCUT2D eigenvalue weighted by Crippen LogP contribution is -2.28. The normalized spacial score (nSPS) is 12.1. The first kappa shape index (κ1) is 21.8. The molecule has 0 radical (unpaired) electrons. The number of hydrogen-bond acceptors (Lipinski definition) is 5. The lowest BCUT2D eigenvalue weighted by Gasteiger charge is -2.24. The first-order chi connectivity index (χ1) is 13.7. The van der Waals surface area contributed by atoms with Gasteiger partial charge in [-0.25, -0.2) is 0 Å². The number of nitrogens with zero attached hydrogens (tertiary/aromatic N) is 2. The molecule has 0 aliphatic carbocycles. The van der Waals surface area contributed by atoms with Gasteiger partial charge in [0.25, 0.3) is 5.69 Å². The molecule has 9 heteroatoms. The summed E-state index contributed by atoms with van der Waals surface area (Å²) in [6.45, 7) is -1.22. The zero-order chi connectivity index (χ0) is 21.6. The van der Waals surface area contributed by atoms with Gasteiger partial charge < -0.3 is 14.4 Å². The van der Waals surface area contributed by atoms with Crippen molar-refractivity contribution in [1.29, 1.82) is 0 Å². The van der Waals surface area contributed by atoms with Gasteiger partial charge in [0.05, 0.1) is 18.1 Å². The third-order valence-corrected chi connectivity index (χ3v) is 4.31. The van der Waals surface area contributed by atoms with Gasteiger partial charge in [0.15, 0.2) is 11.5 Å². The van der Waals surface area contributed by atoms with Crippen molar-refractivity contribution in [1.82, 2.24) is 4.90 Å². The van der Waals surface area contributed by atoms with Gasteiger partial charge in [-0.15, -0.1) is 0 Å². The summed E-state index contributed by atoms with van der Waals surface area (Å²) < 4.78 is 34.2. The molecule has 1 atom stereocenters. The molecule has 0 aliphatic heterocycles. The summed E-state index contributed by atoms with van der Waals surface area (Å²) in [5.41, 5.74) is 1.12. The van der Waals surface area contributed by atoms with E-state index in [4.69, 9.17) is 4.74 Å². The molecule has 0 heterocycles. The highest BCUT2D eigenvalue weighted by Crippen LogP contribution is 2.30. The smallest absolute Gasteiger partial charge is 0.387 e. The summed E-state index contributed by atoms with van der Waals surface area (Å²) in [6, 6.07) is 9.97. The quantitative estimate of drug-likeness (QED) is 0.368.